The third-order valence-corrected chi connectivity index (χ3v) is 3.82. The summed E-state index contributed by atoms with van der Waals surface area (Å²) in [6, 6.07) is 5.30. The highest BCUT2D eigenvalue weighted by molar-refractivity contribution is 5.96. The number of amides is 2. The number of rotatable bonds is 7. The first-order valence-corrected chi connectivity index (χ1v) is 8.16. The van der Waals surface area contributed by atoms with Crippen LogP contribution in [0.2, 0.25) is 0 Å². The van der Waals surface area contributed by atoms with Gasteiger partial charge in [0.1, 0.15) is 0 Å². The number of nitrogens with zero attached hydrogens (tertiary/aromatic N) is 1. The fourth-order valence-corrected chi connectivity index (χ4v) is 2.55. The Bertz CT molecular complexity index is 535. The Labute approximate surface area is 139 Å². The Morgan fingerprint density at radius 3 is 2.26 bits per heavy atom. The molecule has 0 aliphatic rings. The van der Waals surface area contributed by atoms with Gasteiger partial charge in [0.05, 0.1) is 12.6 Å². The van der Waals surface area contributed by atoms with Crippen LogP contribution in [0, 0.1) is 19.8 Å². The van der Waals surface area contributed by atoms with E-state index in [0.717, 1.165) is 16.8 Å². The van der Waals surface area contributed by atoms with E-state index in [9.17, 15) is 9.59 Å². The molecule has 0 aromatic heterocycles. The van der Waals surface area contributed by atoms with Crippen molar-refractivity contribution < 1.29 is 9.59 Å². The molecule has 3 N–H and O–H groups in total. The number of anilines is 1. The second kappa shape index (κ2) is 8.67. The fourth-order valence-electron chi connectivity index (χ4n) is 2.55. The lowest BCUT2D eigenvalue weighted by molar-refractivity contribution is -0.135. The molecule has 1 aromatic rings. The molecule has 0 spiro atoms. The summed E-state index contributed by atoms with van der Waals surface area (Å²) in [5, 5.41) is 2.90. The van der Waals surface area contributed by atoms with Gasteiger partial charge < -0.3 is 16.0 Å². The molecule has 2 amide bonds. The first-order valence-electron chi connectivity index (χ1n) is 8.16. The minimum absolute atomic E-state index is 0.0227. The van der Waals surface area contributed by atoms with Crippen LogP contribution in [-0.2, 0) is 9.59 Å². The van der Waals surface area contributed by atoms with Crippen LogP contribution in [0.5, 0.6) is 0 Å². The second-order valence-electron chi connectivity index (χ2n) is 6.40. The number of para-hydroxylation sites is 1. The quantitative estimate of drug-likeness (QED) is 0.810. The minimum Gasteiger partial charge on any atom is -0.332 e. The highest BCUT2D eigenvalue weighted by atomic mass is 16.2. The molecule has 128 valence electrons. The predicted octanol–water partition coefficient (Wildman–Crippen LogP) is 2.46. The van der Waals surface area contributed by atoms with Crippen LogP contribution in [0.1, 0.15) is 38.3 Å². The lowest BCUT2D eigenvalue weighted by Crippen LogP contribution is -2.47. The van der Waals surface area contributed by atoms with Gasteiger partial charge in [-0.05, 0) is 44.2 Å². The Morgan fingerprint density at radius 2 is 1.78 bits per heavy atom. The van der Waals surface area contributed by atoms with Gasteiger partial charge in [-0.15, -0.1) is 0 Å². The molecule has 5 heteroatoms. The van der Waals surface area contributed by atoms with Crippen LogP contribution in [0.4, 0.5) is 5.69 Å². The van der Waals surface area contributed by atoms with Crippen molar-refractivity contribution >= 4 is 17.5 Å². The maximum Gasteiger partial charge on any atom is 0.244 e. The number of likely N-dealkylation sites (N-methyl/N-ethyl adjacent to an activating group) is 1. The number of carbonyl (C=O) groups excluding carboxylic acids is 2. The van der Waals surface area contributed by atoms with Crippen molar-refractivity contribution in [2.24, 2.45) is 11.7 Å². The van der Waals surface area contributed by atoms with Crippen LogP contribution in [-0.4, -0.2) is 35.8 Å². The van der Waals surface area contributed by atoms with Crippen molar-refractivity contribution in [2.75, 3.05) is 18.4 Å². The number of benzene rings is 1. The van der Waals surface area contributed by atoms with E-state index in [-0.39, 0.29) is 18.4 Å². The minimum atomic E-state index is -0.553. The molecular weight excluding hydrogens is 290 g/mol. The van der Waals surface area contributed by atoms with Crippen LogP contribution in [0.15, 0.2) is 18.2 Å². The molecule has 23 heavy (non-hydrogen) atoms. The zero-order valence-corrected chi connectivity index (χ0v) is 14.8. The smallest absolute Gasteiger partial charge is 0.244 e. The first-order chi connectivity index (χ1) is 10.8. The largest absolute Gasteiger partial charge is 0.332 e. The van der Waals surface area contributed by atoms with Gasteiger partial charge in [0.15, 0.2) is 0 Å². The zero-order chi connectivity index (χ0) is 17.6. The highest BCUT2D eigenvalue weighted by Gasteiger charge is 2.22. The van der Waals surface area contributed by atoms with Crippen molar-refractivity contribution in [3.8, 4) is 0 Å². The first kappa shape index (κ1) is 19.2. The molecule has 5 nitrogen and oxygen atoms in total. The van der Waals surface area contributed by atoms with Gasteiger partial charge in [0, 0.05) is 12.2 Å². The van der Waals surface area contributed by atoms with Crippen LogP contribution >= 0.6 is 0 Å². The SMILES string of the molecule is CCN(CC(=O)Nc1c(C)cccc1C)C(=O)[C@@H](N)CC(C)C. The van der Waals surface area contributed by atoms with E-state index in [0.29, 0.717) is 18.9 Å². The number of nitrogens with one attached hydrogen (secondary N) is 1. The molecular formula is C18H29N3O2. The molecule has 0 saturated heterocycles. The second-order valence-corrected chi connectivity index (χ2v) is 6.40. The highest BCUT2D eigenvalue weighted by Crippen LogP contribution is 2.19. The van der Waals surface area contributed by atoms with Gasteiger partial charge in [-0.3, -0.25) is 9.59 Å². The van der Waals surface area contributed by atoms with Crippen LogP contribution in [0.25, 0.3) is 0 Å². The van der Waals surface area contributed by atoms with E-state index < -0.39 is 6.04 Å². The molecule has 0 aliphatic heterocycles. The number of hydrogen-bond donors (Lipinski definition) is 2. The van der Waals surface area contributed by atoms with E-state index in [4.69, 9.17) is 5.73 Å². The molecule has 0 bridgehead atoms. The Hall–Kier alpha value is -1.88. The summed E-state index contributed by atoms with van der Waals surface area (Å²) in [6.45, 7) is 10.3. The van der Waals surface area contributed by atoms with Gasteiger partial charge in [0.2, 0.25) is 11.8 Å². The summed E-state index contributed by atoms with van der Waals surface area (Å²) >= 11 is 0. The van der Waals surface area contributed by atoms with Crippen molar-refractivity contribution in [3.63, 3.8) is 0 Å². The molecule has 0 heterocycles. The monoisotopic (exact) mass is 319 g/mol. The van der Waals surface area contributed by atoms with Gasteiger partial charge >= 0.3 is 0 Å². The number of carbonyl (C=O) groups is 2. The third kappa shape index (κ3) is 5.67. The van der Waals surface area contributed by atoms with Gasteiger partial charge in [-0.2, -0.15) is 0 Å². The molecule has 0 saturated carbocycles. The van der Waals surface area contributed by atoms with Crippen molar-refractivity contribution in [1.82, 2.24) is 4.90 Å². The van der Waals surface area contributed by atoms with Crippen LogP contribution < -0.4 is 11.1 Å². The van der Waals surface area contributed by atoms with Gasteiger partial charge in [-0.25, -0.2) is 0 Å². The molecule has 1 atom stereocenters. The average molecular weight is 319 g/mol. The van der Waals surface area contributed by atoms with Crippen molar-refractivity contribution in [2.45, 2.75) is 47.1 Å². The van der Waals surface area contributed by atoms with Gasteiger partial charge in [0.25, 0.3) is 0 Å². The lowest BCUT2D eigenvalue weighted by atomic mass is 10.0. The van der Waals surface area contributed by atoms with E-state index in [2.05, 4.69) is 5.32 Å². The van der Waals surface area contributed by atoms with E-state index in [1.165, 1.54) is 4.90 Å². The molecule has 1 aromatic carbocycles. The topological polar surface area (TPSA) is 75.4 Å². The summed E-state index contributed by atoms with van der Waals surface area (Å²) in [5.41, 5.74) is 8.77. The van der Waals surface area contributed by atoms with E-state index in [1.54, 1.807) is 0 Å². The maximum absolute atomic E-state index is 12.4. The van der Waals surface area contributed by atoms with E-state index in [1.807, 2.05) is 52.8 Å². The summed E-state index contributed by atoms with van der Waals surface area (Å²) in [7, 11) is 0. The summed E-state index contributed by atoms with van der Waals surface area (Å²) in [5.74, 6) is -0.0247. The Morgan fingerprint density at radius 1 is 1.22 bits per heavy atom. The molecule has 0 radical (unpaired) electrons. The van der Waals surface area contributed by atoms with Crippen LogP contribution in [0.3, 0.4) is 0 Å². The number of nitrogens with two attached hydrogens (primary N) is 1. The standard InChI is InChI=1S/C18H29N3O2/c1-6-21(18(23)15(19)10-12(2)3)11-16(22)20-17-13(4)8-7-9-14(17)5/h7-9,12,15H,6,10-11,19H2,1-5H3,(H,20,22)/t15-/m0/s1. The summed E-state index contributed by atoms with van der Waals surface area (Å²) < 4.78 is 0. The average Bonchev–Trinajstić information content (AvgIpc) is 2.47. The normalized spacial score (nSPS) is 12.1. The summed E-state index contributed by atoms with van der Waals surface area (Å²) in [6.07, 6.45) is 0.619. The number of aryl methyl sites for hydroxylation is 2. The maximum atomic E-state index is 12.4. The molecule has 1 rings (SSSR count). The molecule has 0 unspecified atom stereocenters. The Kier molecular flexibility index (Phi) is 7.23. The van der Waals surface area contributed by atoms with E-state index >= 15 is 0 Å². The Balaban J connectivity index is 2.72. The predicted molar refractivity (Wildman–Crippen MR) is 94.2 cm³/mol. The van der Waals surface area contributed by atoms with Crippen molar-refractivity contribution in [3.05, 3.63) is 29.3 Å². The molecule has 0 fully saturated rings. The fraction of sp³-hybridized carbons (Fsp3) is 0.556. The lowest BCUT2D eigenvalue weighted by Gasteiger charge is -2.25. The third-order valence-electron chi connectivity index (χ3n) is 3.82. The zero-order valence-electron chi connectivity index (χ0n) is 14.8. The van der Waals surface area contributed by atoms with Gasteiger partial charge in [-0.1, -0.05) is 32.0 Å². The van der Waals surface area contributed by atoms with Crippen molar-refractivity contribution in [1.29, 1.82) is 0 Å². The molecule has 0 aliphatic carbocycles. The summed E-state index contributed by atoms with van der Waals surface area (Å²) in [4.78, 5) is 26.2. The number of hydrogen-bond acceptors (Lipinski definition) is 3.